The van der Waals surface area contributed by atoms with E-state index in [1.165, 1.54) is 11.3 Å². The van der Waals surface area contributed by atoms with Crippen molar-refractivity contribution in [1.29, 1.82) is 0 Å². The van der Waals surface area contributed by atoms with E-state index in [4.69, 9.17) is 0 Å². The monoisotopic (exact) mass is 297 g/mol. The summed E-state index contributed by atoms with van der Waals surface area (Å²) < 4.78 is 0. The van der Waals surface area contributed by atoms with E-state index in [-0.39, 0.29) is 12.1 Å². The van der Waals surface area contributed by atoms with E-state index in [1.54, 1.807) is 0 Å². The first kappa shape index (κ1) is 15.9. The van der Waals surface area contributed by atoms with Gasteiger partial charge in [0, 0.05) is 31.5 Å². The lowest BCUT2D eigenvalue weighted by Gasteiger charge is -2.16. The molecule has 2 aromatic rings. The lowest BCUT2D eigenvalue weighted by atomic mass is 10.1. The Balaban J connectivity index is 1.84. The second-order valence-corrected chi connectivity index (χ2v) is 5.63. The normalized spacial score (nSPS) is 11.6. The summed E-state index contributed by atoms with van der Waals surface area (Å²) in [6.45, 7) is 2.00. The first-order valence-corrected chi connectivity index (χ1v) is 7.43. The van der Waals surface area contributed by atoms with Gasteiger partial charge in [0.15, 0.2) is 0 Å². The summed E-state index contributed by atoms with van der Waals surface area (Å²) in [5.74, 6) is 0. The Hall–Kier alpha value is -2.49. The second-order valence-electron chi connectivity index (χ2n) is 5.63. The zero-order chi connectivity index (χ0) is 15.9. The third kappa shape index (κ3) is 4.81. The predicted octanol–water partition coefficient (Wildman–Crippen LogP) is 3.51. The van der Waals surface area contributed by atoms with Crippen LogP contribution in [-0.4, -0.2) is 26.2 Å². The van der Waals surface area contributed by atoms with Crippen molar-refractivity contribution in [2.24, 2.45) is 0 Å². The molecular formula is C18H23N3O. The van der Waals surface area contributed by atoms with Crippen LogP contribution in [0.4, 0.5) is 16.2 Å². The van der Waals surface area contributed by atoms with E-state index < -0.39 is 0 Å². The SMILES string of the molecule is C[C@H](Cc1ccc(N(C)C)cc1)NC(=O)Nc1ccccc1. The Morgan fingerprint density at radius 3 is 2.27 bits per heavy atom. The van der Waals surface area contributed by atoms with Crippen molar-refractivity contribution in [3.63, 3.8) is 0 Å². The van der Waals surface area contributed by atoms with Crippen LogP contribution in [0.15, 0.2) is 54.6 Å². The number of urea groups is 1. The molecule has 2 amide bonds. The van der Waals surface area contributed by atoms with Gasteiger partial charge in [-0.25, -0.2) is 4.79 Å². The Bertz CT molecular complexity index is 593. The maximum atomic E-state index is 11.9. The van der Waals surface area contributed by atoms with Crippen LogP contribution < -0.4 is 15.5 Å². The molecule has 0 spiro atoms. The third-order valence-corrected chi connectivity index (χ3v) is 3.40. The first-order valence-electron chi connectivity index (χ1n) is 7.43. The summed E-state index contributed by atoms with van der Waals surface area (Å²) in [5.41, 5.74) is 3.17. The lowest BCUT2D eigenvalue weighted by Crippen LogP contribution is -2.37. The minimum Gasteiger partial charge on any atom is -0.378 e. The second kappa shape index (κ2) is 7.50. The fraction of sp³-hybridized carbons (Fsp3) is 0.278. The molecular weight excluding hydrogens is 274 g/mol. The standard InChI is InChI=1S/C18H23N3O/c1-14(13-15-9-11-17(12-10-15)21(2)3)19-18(22)20-16-7-5-4-6-8-16/h4-12,14H,13H2,1-3H3,(H2,19,20,22)/t14-/m1/s1. The van der Waals surface area contributed by atoms with Crippen molar-refractivity contribution in [3.8, 4) is 0 Å². The van der Waals surface area contributed by atoms with Crippen molar-refractivity contribution in [3.05, 3.63) is 60.2 Å². The summed E-state index contributed by atoms with van der Waals surface area (Å²) in [7, 11) is 4.04. The van der Waals surface area contributed by atoms with Gasteiger partial charge in [-0.2, -0.15) is 0 Å². The lowest BCUT2D eigenvalue weighted by molar-refractivity contribution is 0.249. The van der Waals surface area contributed by atoms with E-state index in [1.807, 2.05) is 51.4 Å². The largest absolute Gasteiger partial charge is 0.378 e. The molecule has 0 aliphatic rings. The van der Waals surface area contributed by atoms with Crippen LogP contribution in [-0.2, 0) is 6.42 Å². The summed E-state index contributed by atoms with van der Waals surface area (Å²) in [6, 6.07) is 17.7. The molecule has 0 heterocycles. The van der Waals surface area contributed by atoms with Crippen molar-refractivity contribution in [1.82, 2.24) is 5.32 Å². The molecule has 1 atom stereocenters. The summed E-state index contributed by atoms with van der Waals surface area (Å²) in [4.78, 5) is 14.0. The van der Waals surface area contributed by atoms with Crippen molar-refractivity contribution in [2.45, 2.75) is 19.4 Å². The van der Waals surface area contributed by atoms with Crippen LogP contribution in [0.5, 0.6) is 0 Å². The van der Waals surface area contributed by atoms with Gasteiger partial charge in [0.2, 0.25) is 0 Å². The van der Waals surface area contributed by atoms with Gasteiger partial charge >= 0.3 is 6.03 Å². The van der Waals surface area contributed by atoms with Crippen LogP contribution in [0.1, 0.15) is 12.5 Å². The fourth-order valence-electron chi connectivity index (χ4n) is 2.25. The summed E-state index contributed by atoms with van der Waals surface area (Å²) in [6.07, 6.45) is 0.802. The number of nitrogens with one attached hydrogen (secondary N) is 2. The van der Waals surface area contributed by atoms with Crippen molar-refractivity contribution < 1.29 is 4.79 Å². The average Bonchev–Trinajstić information content (AvgIpc) is 2.48. The number of amides is 2. The van der Waals surface area contributed by atoms with Gasteiger partial charge < -0.3 is 15.5 Å². The predicted molar refractivity (Wildman–Crippen MR) is 92.5 cm³/mol. The molecule has 2 aromatic carbocycles. The maximum Gasteiger partial charge on any atom is 0.319 e. The van der Waals surface area contributed by atoms with Crippen molar-refractivity contribution >= 4 is 17.4 Å². The molecule has 4 nitrogen and oxygen atoms in total. The Kier molecular flexibility index (Phi) is 5.42. The molecule has 0 unspecified atom stereocenters. The van der Waals surface area contributed by atoms with Crippen LogP contribution in [0.25, 0.3) is 0 Å². The summed E-state index contributed by atoms with van der Waals surface area (Å²) in [5, 5.41) is 5.78. The molecule has 0 saturated heterocycles. The highest BCUT2D eigenvalue weighted by atomic mass is 16.2. The minimum atomic E-state index is -0.177. The molecule has 4 heteroatoms. The highest BCUT2D eigenvalue weighted by Gasteiger charge is 2.08. The number of carbonyl (C=O) groups is 1. The number of benzene rings is 2. The number of anilines is 2. The van der Waals surface area contributed by atoms with Crippen molar-refractivity contribution in [2.75, 3.05) is 24.3 Å². The maximum absolute atomic E-state index is 11.9. The highest BCUT2D eigenvalue weighted by molar-refractivity contribution is 5.89. The van der Waals surface area contributed by atoms with Gasteiger partial charge in [0.25, 0.3) is 0 Å². The quantitative estimate of drug-likeness (QED) is 0.887. The average molecular weight is 297 g/mol. The molecule has 0 bridgehead atoms. The number of hydrogen-bond donors (Lipinski definition) is 2. The molecule has 0 aliphatic carbocycles. The van der Waals surface area contributed by atoms with Gasteiger partial charge in [-0.15, -0.1) is 0 Å². The van der Waals surface area contributed by atoms with E-state index in [2.05, 4.69) is 39.8 Å². The molecule has 116 valence electrons. The molecule has 2 N–H and O–H groups in total. The molecule has 0 aromatic heterocycles. The zero-order valence-corrected chi connectivity index (χ0v) is 13.3. The number of nitrogens with zero attached hydrogens (tertiary/aromatic N) is 1. The number of carbonyl (C=O) groups excluding carboxylic acids is 1. The zero-order valence-electron chi connectivity index (χ0n) is 13.3. The Morgan fingerprint density at radius 2 is 1.68 bits per heavy atom. The molecule has 0 radical (unpaired) electrons. The Labute approximate surface area is 132 Å². The molecule has 2 rings (SSSR count). The Morgan fingerprint density at radius 1 is 1.05 bits per heavy atom. The smallest absolute Gasteiger partial charge is 0.319 e. The van der Waals surface area contributed by atoms with E-state index >= 15 is 0 Å². The third-order valence-electron chi connectivity index (χ3n) is 3.40. The van der Waals surface area contributed by atoms with Gasteiger partial charge in [0.1, 0.15) is 0 Å². The number of para-hydroxylation sites is 1. The number of rotatable bonds is 5. The van der Waals surface area contributed by atoms with Crippen LogP contribution in [0.2, 0.25) is 0 Å². The minimum absolute atomic E-state index is 0.0638. The fourth-order valence-corrected chi connectivity index (χ4v) is 2.25. The van der Waals surface area contributed by atoms with Crippen LogP contribution in [0.3, 0.4) is 0 Å². The highest BCUT2D eigenvalue weighted by Crippen LogP contribution is 2.13. The molecule has 0 fully saturated rings. The summed E-state index contributed by atoms with van der Waals surface area (Å²) >= 11 is 0. The van der Waals surface area contributed by atoms with E-state index in [0.717, 1.165) is 12.1 Å². The van der Waals surface area contributed by atoms with E-state index in [0.29, 0.717) is 0 Å². The van der Waals surface area contributed by atoms with Gasteiger partial charge in [-0.3, -0.25) is 0 Å². The van der Waals surface area contributed by atoms with Gasteiger partial charge in [0.05, 0.1) is 0 Å². The number of hydrogen-bond acceptors (Lipinski definition) is 2. The van der Waals surface area contributed by atoms with Gasteiger partial charge in [-0.1, -0.05) is 30.3 Å². The molecule has 0 aliphatic heterocycles. The van der Waals surface area contributed by atoms with Crippen LogP contribution >= 0.6 is 0 Å². The topological polar surface area (TPSA) is 44.4 Å². The van der Waals surface area contributed by atoms with Gasteiger partial charge in [-0.05, 0) is 43.2 Å². The first-order chi connectivity index (χ1) is 10.5. The molecule has 22 heavy (non-hydrogen) atoms. The van der Waals surface area contributed by atoms with E-state index in [9.17, 15) is 4.79 Å². The van der Waals surface area contributed by atoms with Crippen LogP contribution in [0, 0.1) is 0 Å². The molecule has 0 saturated carbocycles.